The van der Waals surface area contributed by atoms with Gasteiger partial charge in [0.1, 0.15) is 18.1 Å². The van der Waals surface area contributed by atoms with E-state index in [1.807, 2.05) is 5.32 Å². The van der Waals surface area contributed by atoms with E-state index in [1.165, 1.54) is 6.92 Å². The molecule has 1 heterocycles. The van der Waals surface area contributed by atoms with Gasteiger partial charge in [-0.3, -0.25) is 19.2 Å². The molecule has 0 saturated carbocycles. The van der Waals surface area contributed by atoms with Gasteiger partial charge >= 0.3 is 5.97 Å². The lowest BCUT2D eigenvalue weighted by atomic mass is 10.1. The quantitative estimate of drug-likeness (QED) is 0.162. The van der Waals surface area contributed by atoms with Gasteiger partial charge in [0.05, 0.1) is 25.2 Å². The molecule has 0 aliphatic carbocycles. The van der Waals surface area contributed by atoms with E-state index in [9.17, 15) is 29.1 Å². The molecule has 0 bridgehead atoms. The number of nitrogens with one attached hydrogen (secondary N) is 4. The number of hydrogen-bond acceptors (Lipinski definition) is 8. The number of rotatable bonds is 11. The van der Waals surface area contributed by atoms with Crippen molar-refractivity contribution in [2.75, 3.05) is 13.2 Å². The molecule has 29 heavy (non-hydrogen) atoms. The molecule has 0 spiro atoms. The number of hydrogen-bond donors (Lipinski definition) is 8. The van der Waals surface area contributed by atoms with Crippen LogP contribution in [0.2, 0.25) is 0 Å². The van der Waals surface area contributed by atoms with E-state index in [0.717, 1.165) is 6.42 Å². The van der Waals surface area contributed by atoms with Crippen LogP contribution in [0, 0.1) is 0 Å². The highest BCUT2D eigenvalue weighted by molar-refractivity contribution is 5.96. The second-order valence-electron chi connectivity index (χ2n) is 6.69. The summed E-state index contributed by atoms with van der Waals surface area (Å²) in [6, 6.07) is -5.18. The number of nitrogens with two attached hydrogens (primary N) is 1. The first-order chi connectivity index (χ1) is 13.6. The molecule has 5 atom stereocenters. The first kappa shape index (κ1) is 24.3. The van der Waals surface area contributed by atoms with Crippen LogP contribution in [0.5, 0.6) is 0 Å². The Morgan fingerprint density at radius 1 is 1.10 bits per heavy atom. The molecule has 1 saturated heterocycles. The average Bonchev–Trinajstić information content (AvgIpc) is 3.17. The molecule has 1 fully saturated rings. The number of aliphatic hydroxyl groups excluding tert-OH is 2. The summed E-state index contributed by atoms with van der Waals surface area (Å²) in [5, 5.41) is 37.1. The number of amides is 4. The summed E-state index contributed by atoms with van der Waals surface area (Å²) in [5.41, 5.74) is 5.12. The van der Waals surface area contributed by atoms with Crippen LogP contribution in [0.3, 0.4) is 0 Å². The average molecular weight is 417 g/mol. The fourth-order valence-corrected chi connectivity index (χ4v) is 2.70. The van der Waals surface area contributed by atoms with Gasteiger partial charge < -0.3 is 42.3 Å². The van der Waals surface area contributed by atoms with Crippen molar-refractivity contribution < 1.29 is 39.3 Å². The Kier molecular flexibility index (Phi) is 9.44. The van der Waals surface area contributed by atoms with Crippen LogP contribution in [0.1, 0.15) is 26.2 Å². The van der Waals surface area contributed by atoms with Crippen molar-refractivity contribution in [2.45, 2.75) is 56.5 Å². The Morgan fingerprint density at radius 2 is 1.76 bits per heavy atom. The minimum Gasteiger partial charge on any atom is -0.480 e. The van der Waals surface area contributed by atoms with E-state index >= 15 is 0 Å². The molecule has 9 N–H and O–H groups in total. The Labute approximate surface area is 166 Å². The van der Waals surface area contributed by atoms with Crippen LogP contribution in [-0.2, 0) is 24.0 Å². The second-order valence-corrected chi connectivity index (χ2v) is 6.69. The summed E-state index contributed by atoms with van der Waals surface area (Å²) in [6.45, 7) is 0.893. The summed E-state index contributed by atoms with van der Waals surface area (Å²) in [7, 11) is 0. The minimum absolute atomic E-state index is 0.520. The van der Waals surface area contributed by atoms with Crippen LogP contribution < -0.4 is 27.0 Å². The summed E-state index contributed by atoms with van der Waals surface area (Å²) in [6.07, 6.45) is -0.682. The maximum atomic E-state index is 12.5. The Morgan fingerprint density at radius 3 is 2.21 bits per heavy atom. The van der Waals surface area contributed by atoms with Crippen LogP contribution in [0.4, 0.5) is 0 Å². The van der Waals surface area contributed by atoms with Gasteiger partial charge in [-0.05, 0) is 26.3 Å². The predicted octanol–water partition coefficient (Wildman–Crippen LogP) is -4.47. The largest absolute Gasteiger partial charge is 0.480 e. The molecule has 5 unspecified atom stereocenters. The Bertz CT molecular complexity index is 635. The SMILES string of the molecule is CC(O)C(NC(=O)C(CC(N)=O)NC(=O)C1CCCN1)C(=O)NC(CO)C(=O)O. The standard InChI is InChI=1S/C16H27N5O8/c1-7(23)12(15(27)20-10(6-22)16(28)29)21-14(26)9(5-11(17)24)19-13(25)8-3-2-4-18-8/h7-10,12,18,22-23H,2-6H2,1H3,(H2,17,24)(H,19,25)(H,20,27)(H,21,26)(H,28,29). The summed E-state index contributed by atoms with van der Waals surface area (Å²) < 4.78 is 0. The van der Waals surface area contributed by atoms with Gasteiger partial charge in [-0.2, -0.15) is 0 Å². The van der Waals surface area contributed by atoms with Gasteiger partial charge in [0, 0.05) is 0 Å². The molecule has 1 aliphatic heterocycles. The van der Waals surface area contributed by atoms with E-state index in [0.29, 0.717) is 13.0 Å². The zero-order chi connectivity index (χ0) is 22.1. The van der Waals surface area contributed by atoms with E-state index in [2.05, 4.69) is 16.0 Å². The van der Waals surface area contributed by atoms with E-state index < -0.39 is 72.9 Å². The lowest BCUT2D eigenvalue weighted by Gasteiger charge is -2.25. The first-order valence-electron chi connectivity index (χ1n) is 9.01. The highest BCUT2D eigenvalue weighted by Crippen LogP contribution is 2.06. The number of carboxylic acid groups (broad SMARTS) is 1. The molecule has 1 aliphatic rings. The van der Waals surface area contributed by atoms with Gasteiger partial charge in [0.25, 0.3) is 0 Å². The third-order valence-electron chi connectivity index (χ3n) is 4.27. The number of carbonyl (C=O) groups excluding carboxylic acids is 4. The normalized spacial score (nSPS) is 20.0. The molecule has 13 heteroatoms. The van der Waals surface area contributed by atoms with Crippen molar-refractivity contribution in [1.82, 2.24) is 21.3 Å². The Hall–Kier alpha value is -2.77. The van der Waals surface area contributed by atoms with E-state index in [-0.39, 0.29) is 0 Å². The molecular formula is C16H27N5O8. The smallest absolute Gasteiger partial charge is 0.328 e. The van der Waals surface area contributed by atoms with Crippen LogP contribution in [0.15, 0.2) is 0 Å². The number of carbonyl (C=O) groups is 5. The molecule has 164 valence electrons. The topological polar surface area (TPSA) is 220 Å². The summed E-state index contributed by atoms with van der Waals surface area (Å²) >= 11 is 0. The number of primary amides is 1. The van der Waals surface area contributed by atoms with Gasteiger partial charge in [-0.1, -0.05) is 0 Å². The number of aliphatic hydroxyl groups is 2. The highest BCUT2D eigenvalue weighted by atomic mass is 16.4. The fourth-order valence-electron chi connectivity index (χ4n) is 2.70. The zero-order valence-corrected chi connectivity index (χ0v) is 15.9. The van der Waals surface area contributed by atoms with Crippen molar-refractivity contribution in [3.05, 3.63) is 0 Å². The minimum atomic E-state index is -1.64. The third kappa shape index (κ3) is 7.63. The van der Waals surface area contributed by atoms with E-state index in [1.54, 1.807) is 0 Å². The monoisotopic (exact) mass is 417 g/mol. The molecule has 4 amide bonds. The maximum Gasteiger partial charge on any atom is 0.328 e. The fraction of sp³-hybridized carbons (Fsp3) is 0.688. The second kappa shape index (κ2) is 11.3. The lowest BCUT2D eigenvalue weighted by Crippen LogP contribution is -2.60. The lowest BCUT2D eigenvalue weighted by molar-refractivity contribution is -0.144. The van der Waals surface area contributed by atoms with E-state index in [4.69, 9.17) is 15.9 Å². The van der Waals surface area contributed by atoms with Crippen molar-refractivity contribution in [2.24, 2.45) is 5.73 Å². The van der Waals surface area contributed by atoms with Gasteiger partial charge in [0.15, 0.2) is 0 Å². The molecule has 0 aromatic carbocycles. The molecule has 1 rings (SSSR count). The predicted molar refractivity (Wildman–Crippen MR) is 97.0 cm³/mol. The van der Waals surface area contributed by atoms with Gasteiger partial charge in [0.2, 0.25) is 23.6 Å². The molecule has 0 radical (unpaired) electrons. The number of aliphatic carboxylic acids is 1. The van der Waals surface area contributed by atoms with Crippen molar-refractivity contribution in [3.63, 3.8) is 0 Å². The molecule has 13 nitrogen and oxygen atoms in total. The number of carboxylic acids is 1. The summed E-state index contributed by atoms with van der Waals surface area (Å²) in [5.74, 6) is -4.95. The van der Waals surface area contributed by atoms with Crippen molar-refractivity contribution in [1.29, 1.82) is 0 Å². The van der Waals surface area contributed by atoms with Gasteiger partial charge in [-0.15, -0.1) is 0 Å². The van der Waals surface area contributed by atoms with Crippen LogP contribution in [0.25, 0.3) is 0 Å². The third-order valence-corrected chi connectivity index (χ3v) is 4.27. The molecular weight excluding hydrogens is 390 g/mol. The van der Waals surface area contributed by atoms with Crippen LogP contribution >= 0.6 is 0 Å². The summed E-state index contributed by atoms with van der Waals surface area (Å²) in [4.78, 5) is 59.2. The van der Waals surface area contributed by atoms with Gasteiger partial charge in [-0.25, -0.2) is 4.79 Å². The van der Waals surface area contributed by atoms with Crippen LogP contribution in [-0.4, -0.2) is 88.3 Å². The highest BCUT2D eigenvalue weighted by Gasteiger charge is 2.33. The zero-order valence-electron chi connectivity index (χ0n) is 15.9. The van der Waals surface area contributed by atoms with Crippen molar-refractivity contribution in [3.8, 4) is 0 Å². The first-order valence-corrected chi connectivity index (χ1v) is 9.01. The molecule has 0 aromatic heterocycles. The molecule has 0 aromatic rings. The Balaban J connectivity index is 2.86. The van der Waals surface area contributed by atoms with Crippen molar-refractivity contribution >= 4 is 29.6 Å². The maximum absolute atomic E-state index is 12.5.